The second-order valence-electron chi connectivity index (χ2n) is 14.0. The summed E-state index contributed by atoms with van der Waals surface area (Å²) < 4.78 is 1.80. The van der Waals surface area contributed by atoms with Crippen molar-refractivity contribution in [2.45, 2.75) is 117 Å². The normalized spacial score (nSPS) is 16.7. The molecule has 0 heterocycles. The van der Waals surface area contributed by atoms with Gasteiger partial charge in [0.25, 0.3) is 0 Å². The van der Waals surface area contributed by atoms with Gasteiger partial charge in [0.1, 0.15) is 0 Å². The second kappa shape index (κ2) is 12.4. The second-order valence-corrected chi connectivity index (χ2v) is 20.8. The van der Waals surface area contributed by atoms with Crippen molar-refractivity contribution < 1.29 is 24.2 Å². The molecule has 37 heavy (non-hydrogen) atoms. The monoisotopic (exact) mass is 586 g/mol. The number of hydrogen-bond donors (Lipinski definition) is 0. The summed E-state index contributed by atoms with van der Waals surface area (Å²) in [5, 5.41) is 1.56. The third-order valence-electron chi connectivity index (χ3n) is 7.55. The Morgan fingerprint density at radius 3 is 1.89 bits per heavy atom. The van der Waals surface area contributed by atoms with Crippen LogP contribution in [0.3, 0.4) is 0 Å². The number of benzene rings is 2. The molecule has 0 N–H and O–H groups in total. The quantitative estimate of drug-likeness (QED) is 0.196. The molecule has 0 radical (unpaired) electrons. The van der Waals surface area contributed by atoms with E-state index in [2.05, 4.69) is 116 Å². The van der Waals surface area contributed by atoms with Crippen LogP contribution in [0.1, 0.15) is 102 Å². The molecule has 0 nitrogen and oxygen atoms in total. The Morgan fingerprint density at radius 1 is 0.811 bits per heavy atom. The maximum absolute atomic E-state index is 3.53. The van der Waals surface area contributed by atoms with Gasteiger partial charge >= 0.3 is 59.5 Å². The van der Waals surface area contributed by atoms with Crippen molar-refractivity contribution in [2.75, 3.05) is 0 Å². The molecule has 0 amide bonds. The van der Waals surface area contributed by atoms with E-state index in [9.17, 15) is 0 Å². The number of rotatable bonds is 1. The third kappa shape index (κ3) is 8.69. The fraction of sp³-hybridized carbons (Fsp3) is 0.514. The van der Waals surface area contributed by atoms with Gasteiger partial charge in [0.2, 0.25) is 0 Å². The Balaban J connectivity index is 0.000000194. The Labute approximate surface area is 244 Å². The first-order valence-electron chi connectivity index (χ1n) is 14.2. The van der Waals surface area contributed by atoms with E-state index in [1.807, 2.05) is 0 Å². The summed E-state index contributed by atoms with van der Waals surface area (Å²) in [6, 6.07) is 15.1. The van der Waals surface area contributed by atoms with E-state index in [0.717, 1.165) is 12.8 Å². The van der Waals surface area contributed by atoms with Crippen LogP contribution in [0.25, 0.3) is 11.1 Å². The standard InChI is InChI=1S/C21H25.C8H13Si.C6H10.Zr/c1-20(2,3)16-9-7-14-11-15-8-10-17(21(4,5)6)13-19(15)18(14)12-16;1-9(2,3)8-6-4-5-7-8;1-2-4-6-5-3-1;/h7,9-10,12-13H,11H2,1-6H3;6-7H,4H2,1-3H3;1-5H2;/q2*-1;;+2. The molecule has 2 aromatic rings. The van der Waals surface area contributed by atoms with Gasteiger partial charge in [-0.3, -0.25) is 6.08 Å². The Hall–Kier alpha value is -1.11. The van der Waals surface area contributed by atoms with Crippen LogP contribution in [0.2, 0.25) is 19.6 Å². The summed E-state index contributed by atoms with van der Waals surface area (Å²) in [7, 11) is -0.981. The van der Waals surface area contributed by atoms with Crippen LogP contribution in [0, 0.1) is 12.1 Å². The predicted octanol–water partition coefficient (Wildman–Crippen LogP) is 9.88. The minimum atomic E-state index is -0.981. The topological polar surface area (TPSA) is 0 Å². The van der Waals surface area contributed by atoms with Crippen molar-refractivity contribution in [3.05, 3.63) is 82.1 Å². The summed E-state index contributed by atoms with van der Waals surface area (Å²) in [5.41, 5.74) is 8.76. The van der Waals surface area contributed by atoms with Crippen LogP contribution in [0.4, 0.5) is 0 Å². The maximum atomic E-state index is 3.53. The SMILES string of the molecule is CC(C)(C)c1c[c-]c2c(c1)-c1cc(C(C)(C)C)ccc1C2.C[Si](C)(C)C1=CC[C-]=C1.[Zr+2]=[C]1CCCCC1. The molecule has 2 aromatic carbocycles. The summed E-state index contributed by atoms with van der Waals surface area (Å²) in [6.45, 7) is 20.7. The van der Waals surface area contributed by atoms with E-state index in [4.69, 9.17) is 0 Å². The van der Waals surface area contributed by atoms with Crippen molar-refractivity contribution in [3.8, 4) is 11.1 Å². The van der Waals surface area contributed by atoms with Gasteiger partial charge in [0, 0.05) is 0 Å². The number of allylic oxidation sites excluding steroid dienone is 4. The van der Waals surface area contributed by atoms with Crippen molar-refractivity contribution in [3.63, 3.8) is 0 Å². The summed E-state index contributed by atoms with van der Waals surface area (Å²) in [5.74, 6) is 0. The zero-order valence-electron chi connectivity index (χ0n) is 25.0. The van der Waals surface area contributed by atoms with Crippen LogP contribution in [0.15, 0.2) is 47.7 Å². The summed E-state index contributed by atoms with van der Waals surface area (Å²) >= 11 is 1.69. The molecule has 3 aliphatic rings. The van der Waals surface area contributed by atoms with Crippen molar-refractivity contribution in [1.29, 1.82) is 0 Å². The molecule has 1 fully saturated rings. The molecule has 0 aromatic heterocycles. The van der Waals surface area contributed by atoms with E-state index in [-0.39, 0.29) is 10.8 Å². The number of hydrogen-bond acceptors (Lipinski definition) is 0. The number of fused-ring (bicyclic) bond motifs is 3. The Kier molecular flexibility index (Phi) is 10.2. The Morgan fingerprint density at radius 2 is 1.43 bits per heavy atom. The van der Waals surface area contributed by atoms with E-state index < -0.39 is 8.07 Å². The molecule has 196 valence electrons. The average molecular weight is 588 g/mol. The van der Waals surface area contributed by atoms with Crippen LogP contribution >= 0.6 is 0 Å². The fourth-order valence-corrected chi connectivity index (χ4v) is 7.00. The molecule has 2 heteroatoms. The molecule has 0 aliphatic heterocycles. The first kappa shape index (κ1) is 30.4. The summed E-state index contributed by atoms with van der Waals surface area (Å²) in [6.07, 6.45) is 17.0. The predicted molar refractivity (Wildman–Crippen MR) is 163 cm³/mol. The van der Waals surface area contributed by atoms with E-state index in [1.165, 1.54) is 65.5 Å². The van der Waals surface area contributed by atoms with Crippen LogP contribution < -0.4 is 0 Å². The third-order valence-corrected chi connectivity index (χ3v) is 10.9. The van der Waals surface area contributed by atoms with Crippen molar-refractivity contribution >= 4 is 11.3 Å². The van der Waals surface area contributed by atoms with E-state index in [0.29, 0.717) is 0 Å². The van der Waals surface area contributed by atoms with Gasteiger partial charge in [-0.15, -0.1) is 12.0 Å². The molecule has 0 bridgehead atoms. The van der Waals surface area contributed by atoms with Gasteiger partial charge in [-0.05, 0) is 25.5 Å². The first-order chi connectivity index (χ1) is 17.2. The van der Waals surface area contributed by atoms with Crippen LogP contribution in [-0.2, 0) is 41.5 Å². The van der Waals surface area contributed by atoms with Gasteiger partial charge in [-0.25, -0.2) is 11.3 Å². The molecular formula is C35H48SiZr. The first-order valence-corrected chi connectivity index (χ1v) is 18.9. The van der Waals surface area contributed by atoms with Crippen LogP contribution in [0.5, 0.6) is 0 Å². The molecule has 5 rings (SSSR count). The van der Waals surface area contributed by atoms with Crippen LogP contribution in [-0.4, -0.2) is 11.3 Å². The molecule has 3 aliphatic carbocycles. The molecule has 0 unspecified atom stereocenters. The molecule has 0 saturated heterocycles. The molecule has 1 saturated carbocycles. The fourth-order valence-electron chi connectivity index (χ4n) is 4.88. The molecule has 0 spiro atoms. The van der Waals surface area contributed by atoms with Gasteiger partial charge in [-0.1, -0.05) is 95.9 Å². The zero-order valence-corrected chi connectivity index (χ0v) is 28.4. The van der Waals surface area contributed by atoms with Gasteiger partial charge in [0.15, 0.2) is 0 Å². The van der Waals surface area contributed by atoms with Crippen molar-refractivity contribution in [2.24, 2.45) is 0 Å². The zero-order chi connectivity index (χ0) is 27.4. The van der Waals surface area contributed by atoms with E-state index >= 15 is 0 Å². The molecule has 0 atom stereocenters. The average Bonchev–Trinajstić information content (AvgIpc) is 3.47. The van der Waals surface area contributed by atoms with E-state index in [1.54, 1.807) is 32.6 Å². The molecular weight excluding hydrogens is 540 g/mol. The minimum absolute atomic E-state index is 0.177. The Bertz CT molecular complexity index is 1090. The van der Waals surface area contributed by atoms with Gasteiger partial charge < -0.3 is 0 Å². The van der Waals surface area contributed by atoms with Crippen molar-refractivity contribution in [1.82, 2.24) is 0 Å². The van der Waals surface area contributed by atoms with Gasteiger partial charge in [-0.2, -0.15) is 35.4 Å². The van der Waals surface area contributed by atoms with Gasteiger partial charge in [0.05, 0.1) is 0 Å². The summed E-state index contributed by atoms with van der Waals surface area (Å²) in [4.78, 5) is 0.